The summed E-state index contributed by atoms with van der Waals surface area (Å²) in [5, 5.41) is 13.7. The lowest BCUT2D eigenvalue weighted by Gasteiger charge is -2.33. The Balaban J connectivity index is 2.72. The fraction of sp³-hybridized carbons (Fsp3) is 0.647. The topological polar surface area (TPSA) is 41.5 Å². The molecule has 0 aliphatic rings. The molecule has 0 saturated carbocycles. The van der Waals surface area contributed by atoms with Gasteiger partial charge in [0.05, 0.1) is 6.61 Å². The van der Waals surface area contributed by atoms with Crippen molar-refractivity contribution in [1.82, 2.24) is 5.32 Å². The summed E-state index contributed by atoms with van der Waals surface area (Å²) in [6.45, 7) is 14.2. The highest BCUT2D eigenvalue weighted by molar-refractivity contribution is 5.45. The van der Waals surface area contributed by atoms with Crippen LogP contribution in [0.15, 0.2) is 18.2 Å². The van der Waals surface area contributed by atoms with Crippen LogP contribution in [-0.2, 0) is 6.54 Å². The number of hydrogen-bond donors (Lipinski definition) is 2. The SMILES string of the molecule is CCOc1cccc(CNC(C)(C)CC(C)(C)C)c1O. The third-order valence-electron chi connectivity index (χ3n) is 3.11. The normalized spacial score (nSPS) is 12.5. The fourth-order valence-electron chi connectivity index (χ4n) is 2.71. The minimum Gasteiger partial charge on any atom is -0.504 e. The highest BCUT2D eigenvalue weighted by Crippen LogP contribution is 2.31. The van der Waals surface area contributed by atoms with Crippen molar-refractivity contribution in [3.05, 3.63) is 23.8 Å². The maximum Gasteiger partial charge on any atom is 0.162 e. The molecule has 0 fully saturated rings. The molecule has 3 heteroatoms. The van der Waals surface area contributed by atoms with Crippen LogP contribution in [0.1, 0.15) is 53.5 Å². The van der Waals surface area contributed by atoms with E-state index in [1.54, 1.807) is 6.07 Å². The van der Waals surface area contributed by atoms with E-state index >= 15 is 0 Å². The molecule has 0 amide bonds. The summed E-state index contributed by atoms with van der Waals surface area (Å²) >= 11 is 0. The molecule has 1 aromatic rings. The van der Waals surface area contributed by atoms with Crippen molar-refractivity contribution >= 4 is 0 Å². The van der Waals surface area contributed by atoms with E-state index in [2.05, 4.69) is 39.9 Å². The van der Waals surface area contributed by atoms with E-state index in [0.29, 0.717) is 18.9 Å². The molecule has 1 rings (SSSR count). The molecule has 0 heterocycles. The van der Waals surface area contributed by atoms with E-state index in [9.17, 15) is 5.11 Å². The first-order valence-electron chi connectivity index (χ1n) is 7.33. The molecule has 20 heavy (non-hydrogen) atoms. The molecular formula is C17H29NO2. The van der Waals surface area contributed by atoms with Gasteiger partial charge >= 0.3 is 0 Å². The Morgan fingerprint density at radius 1 is 1.15 bits per heavy atom. The summed E-state index contributed by atoms with van der Waals surface area (Å²) in [5.74, 6) is 0.800. The van der Waals surface area contributed by atoms with Gasteiger partial charge in [-0.15, -0.1) is 0 Å². The minimum absolute atomic E-state index is 0.0201. The van der Waals surface area contributed by atoms with Crippen molar-refractivity contribution < 1.29 is 9.84 Å². The molecule has 0 aromatic heterocycles. The van der Waals surface area contributed by atoms with Gasteiger partial charge in [-0.1, -0.05) is 32.9 Å². The average Bonchev–Trinajstić information content (AvgIpc) is 2.27. The van der Waals surface area contributed by atoms with Crippen molar-refractivity contribution in [3.63, 3.8) is 0 Å². The van der Waals surface area contributed by atoms with Crippen LogP contribution in [0.5, 0.6) is 11.5 Å². The number of benzene rings is 1. The molecule has 0 atom stereocenters. The molecule has 0 unspecified atom stereocenters. The predicted molar refractivity (Wildman–Crippen MR) is 84.3 cm³/mol. The van der Waals surface area contributed by atoms with E-state index in [0.717, 1.165) is 12.0 Å². The second kappa shape index (κ2) is 6.49. The molecule has 3 nitrogen and oxygen atoms in total. The van der Waals surface area contributed by atoms with Crippen LogP contribution in [0.3, 0.4) is 0 Å². The maximum absolute atomic E-state index is 10.2. The first kappa shape index (κ1) is 16.8. The molecule has 0 saturated heterocycles. The number of rotatable bonds is 6. The predicted octanol–water partition coefficient (Wildman–Crippen LogP) is 4.10. The number of hydrogen-bond acceptors (Lipinski definition) is 3. The average molecular weight is 279 g/mol. The van der Waals surface area contributed by atoms with Crippen molar-refractivity contribution in [1.29, 1.82) is 0 Å². The fourth-order valence-corrected chi connectivity index (χ4v) is 2.71. The Hall–Kier alpha value is -1.22. The molecular weight excluding hydrogens is 250 g/mol. The first-order valence-corrected chi connectivity index (χ1v) is 7.33. The zero-order valence-electron chi connectivity index (χ0n) is 13.7. The Kier molecular flexibility index (Phi) is 5.46. The lowest BCUT2D eigenvalue weighted by molar-refractivity contribution is 0.239. The van der Waals surface area contributed by atoms with Crippen LogP contribution >= 0.6 is 0 Å². The van der Waals surface area contributed by atoms with Crippen LogP contribution in [0, 0.1) is 5.41 Å². The summed E-state index contributed by atoms with van der Waals surface area (Å²) in [5.41, 5.74) is 1.16. The van der Waals surface area contributed by atoms with Crippen molar-refractivity contribution in [3.8, 4) is 11.5 Å². The van der Waals surface area contributed by atoms with Crippen LogP contribution in [0.2, 0.25) is 0 Å². The van der Waals surface area contributed by atoms with Crippen LogP contribution in [0.25, 0.3) is 0 Å². The largest absolute Gasteiger partial charge is 0.504 e. The molecule has 0 radical (unpaired) electrons. The van der Waals surface area contributed by atoms with Crippen LogP contribution in [-0.4, -0.2) is 17.3 Å². The molecule has 114 valence electrons. The Labute approximate surface area is 123 Å². The van der Waals surface area contributed by atoms with Gasteiger partial charge in [-0.25, -0.2) is 0 Å². The van der Waals surface area contributed by atoms with Crippen molar-refractivity contribution in [2.45, 2.75) is 60.0 Å². The van der Waals surface area contributed by atoms with E-state index in [1.165, 1.54) is 0 Å². The Morgan fingerprint density at radius 3 is 2.35 bits per heavy atom. The minimum atomic E-state index is 0.0201. The van der Waals surface area contributed by atoms with Gasteiger partial charge in [0.15, 0.2) is 11.5 Å². The summed E-state index contributed by atoms with van der Waals surface area (Å²) in [6, 6.07) is 5.64. The zero-order valence-corrected chi connectivity index (χ0v) is 13.7. The Bertz CT molecular complexity index is 433. The third-order valence-corrected chi connectivity index (χ3v) is 3.11. The molecule has 0 aliphatic heterocycles. The van der Waals surface area contributed by atoms with Gasteiger partial charge < -0.3 is 15.2 Å². The highest BCUT2D eigenvalue weighted by Gasteiger charge is 2.25. The standard InChI is InChI=1S/C17H29NO2/c1-7-20-14-10-8-9-13(15(14)19)11-18-17(5,6)12-16(2,3)4/h8-10,18-19H,7,11-12H2,1-6H3. The van der Waals surface area contributed by atoms with Gasteiger partial charge in [0, 0.05) is 17.6 Å². The number of nitrogens with one attached hydrogen (secondary N) is 1. The zero-order chi connectivity index (χ0) is 15.4. The van der Waals surface area contributed by atoms with E-state index < -0.39 is 0 Å². The number of phenols is 1. The van der Waals surface area contributed by atoms with Gasteiger partial charge in [-0.2, -0.15) is 0 Å². The summed E-state index contributed by atoms with van der Waals surface area (Å²) in [7, 11) is 0. The van der Waals surface area contributed by atoms with Crippen molar-refractivity contribution in [2.24, 2.45) is 5.41 Å². The van der Waals surface area contributed by atoms with Gasteiger partial charge in [0.2, 0.25) is 0 Å². The quantitative estimate of drug-likeness (QED) is 0.824. The van der Waals surface area contributed by atoms with Crippen LogP contribution in [0.4, 0.5) is 0 Å². The highest BCUT2D eigenvalue weighted by atomic mass is 16.5. The number of phenolic OH excluding ortho intramolecular Hbond substituents is 1. The molecule has 0 aliphatic carbocycles. The molecule has 1 aromatic carbocycles. The summed E-state index contributed by atoms with van der Waals surface area (Å²) in [6.07, 6.45) is 1.06. The number of aromatic hydroxyl groups is 1. The molecule has 0 bridgehead atoms. The van der Waals surface area contributed by atoms with Crippen LogP contribution < -0.4 is 10.1 Å². The first-order chi connectivity index (χ1) is 9.14. The summed E-state index contributed by atoms with van der Waals surface area (Å²) < 4.78 is 5.41. The van der Waals surface area contributed by atoms with Gasteiger partial charge in [-0.05, 0) is 38.7 Å². The number of ether oxygens (including phenoxy) is 1. The second-order valence-corrected chi connectivity index (χ2v) is 7.17. The molecule has 2 N–H and O–H groups in total. The molecule has 0 spiro atoms. The Morgan fingerprint density at radius 2 is 1.80 bits per heavy atom. The van der Waals surface area contributed by atoms with E-state index in [-0.39, 0.29) is 16.7 Å². The van der Waals surface area contributed by atoms with Gasteiger partial charge in [0.1, 0.15) is 0 Å². The van der Waals surface area contributed by atoms with Gasteiger partial charge in [0.25, 0.3) is 0 Å². The summed E-state index contributed by atoms with van der Waals surface area (Å²) in [4.78, 5) is 0. The van der Waals surface area contributed by atoms with Gasteiger partial charge in [-0.3, -0.25) is 0 Å². The maximum atomic E-state index is 10.2. The van der Waals surface area contributed by atoms with Crippen molar-refractivity contribution in [2.75, 3.05) is 6.61 Å². The smallest absolute Gasteiger partial charge is 0.162 e. The number of para-hydroxylation sites is 1. The monoisotopic (exact) mass is 279 g/mol. The second-order valence-electron chi connectivity index (χ2n) is 7.17. The lowest BCUT2D eigenvalue weighted by Crippen LogP contribution is -2.41. The van der Waals surface area contributed by atoms with E-state index in [1.807, 2.05) is 19.1 Å². The van der Waals surface area contributed by atoms with E-state index in [4.69, 9.17) is 4.74 Å². The lowest BCUT2D eigenvalue weighted by atomic mass is 9.82. The third kappa shape index (κ3) is 5.41.